The second-order valence-corrected chi connectivity index (χ2v) is 11.5. The number of rotatable bonds is 8. The van der Waals surface area contributed by atoms with Gasteiger partial charge < -0.3 is 14.4 Å². The fraction of sp³-hybridized carbons (Fsp3) is 0.235. The summed E-state index contributed by atoms with van der Waals surface area (Å²) in [5.41, 5.74) is 3.53. The molecule has 3 heterocycles. The summed E-state index contributed by atoms with van der Waals surface area (Å²) >= 11 is 1.33. The molecule has 2 aliphatic rings. The van der Waals surface area contributed by atoms with Crippen LogP contribution in [0.2, 0.25) is 0 Å². The van der Waals surface area contributed by atoms with E-state index in [9.17, 15) is 14.0 Å². The summed E-state index contributed by atoms with van der Waals surface area (Å²) in [6.45, 7) is 3.54. The third-order valence-electron chi connectivity index (χ3n) is 7.50. The molecular formula is C34H31FN4O4S. The first kappa shape index (κ1) is 29.4. The van der Waals surface area contributed by atoms with Crippen molar-refractivity contribution in [3.05, 3.63) is 107 Å². The summed E-state index contributed by atoms with van der Waals surface area (Å²) in [6, 6.07) is 23.7. The number of piperidine rings is 1. The van der Waals surface area contributed by atoms with E-state index in [0.29, 0.717) is 59.6 Å². The first-order valence-corrected chi connectivity index (χ1v) is 15.4. The molecule has 0 atom stereocenters. The number of ether oxygens (including phenoxy) is 2. The molecule has 1 aromatic heterocycles. The number of halogens is 1. The van der Waals surface area contributed by atoms with Gasteiger partial charge in [0.1, 0.15) is 23.9 Å². The largest absolute Gasteiger partial charge is 0.489 e. The Morgan fingerprint density at radius 2 is 1.82 bits per heavy atom. The summed E-state index contributed by atoms with van der Waals surface area (Å²) in [6.07, 6.45) is 5.04. The normalized spacial score (nSPS) is 16.3. The van der Waals surface area contributed by atoms with Crippen LogP contribution >= 0.6 is 11.8 Å². The Bertz CT molecular complexity index is 1730. The van der Waals surface area contributed by atoms with E-state index in [0.717, 1.165) is 16.8 Å². The Morgan fingerprint density at radius 3 is 2.59 bits per heavy atom. The fourth-order valence-corrected chi connectivity index (χ4v) is 6.14. The fourth-order valence-electron chi connectivity index (χ4n) is 5.18. The van der Waals surface area contributed by atoms with Gasteiger partial charge in [0.2, 0.25) is 0 Å². The number of carbonyl (C=O) groups excluding carboxylic acids is 2. The second kappa shape index (κ2) is 13.3. The van der Waals surface area contributed by atoms with E-state index < -0.39 is 0 Å². The number of benzene rings is 3. The van der Waals surface area contributed by atoms with Gasteiger partial charge in [-0.25, -0.2) is 9.07 Å². The molecular weight excluding hydrogens is 579 g/mol. The average Bonchev–Trinajstić information content (AvgIpc) is 3.65. The minimum atomic E-state index is -0.317. The number of thioether (sulfide) groups is 1. The molecule has 0 bridgehead atoms. The maximum absolute atomic E-state index is 14.1. The van der Waals surface area contributed by atoms with Crippen molar-refractivity contribution in [1.29, 1.82) is 0 Å². The molecule has 6 rings (SSSR count). The summed E-state index contributed by atoms with van der Waals surface area (Å²) in [5.74, 6) is -0.334. The molecule has 0 unspecified atom stereocenters. The van der Waals surface area contributed by atoms with Crippen LogP contribution in [0.15, 0.2) is 95.0 Å². The molecule has 1 amide bonds. The monoisotopic (exact) mass is 610 g/mol. The SMILES string of the molecule is CCOC(=O)C1CCN(C2=NC(=O)C(=Cc3cn(-c4ccccc4)nc3-c3cccc(OCc4ccccc4F)c3)S2)CC1. The van der Waals surface area contributed by atoms with Crippen LogP contribution in [-0.2, 0) is 20.9 Å². The molecule has 8 nitrogen and oxygen atoms in total. The van der Waals surface area contributed by atoms with E-state index in [1.165, 1.54) is 17.8 Å². The standard InChI is InChI=1S/C34H31FN4O4S/c1-2-42-33(41)23-15-17-38(18-16-23)34-36-32(40)30(44-34)20-26-21-39(27-11-4-3-5-12-27)37-31(26)24-10-8-13-28(19-24)43-22-25-9-6-7-14-29(25)35/h3-14,19-21,23H,2,15-18,22H2,1H3. The minimum absolute atomic E-state index is 0.0911. The highest BCUT2D eigenvalue weighted by atomic mass is 32.2. The van der Waals surface area contributed by atoms with Crippen molar-refractivity contribution in [2.45, 2.75) is 26.4 Å². The molecule has 4 aromatic rings. The smallest absolute Gasteiger partial charge is 0.309 e. The second-order valence-electron chi connectivity index (χ2n) is 10.4. The number of amidine groups is 1. The summed E-state index contributed by atoms with van der Waals surface area (Å²) in [5, 5.41) is 5.53. The van der Waals surface area contributed by atoms with E-state index in [2.05, 4.69) is 9.89 Å². The molecule has 0 aliphatic carbocycles. The van der Waals surface area contributed by atoms with Gasteiger partial charge in [-0.15, -0.1) is 0 Å². The molecule has 0 N–H and O–H groups in total. The molecule has 1 saturated heterocycles. The number of aromatic nitrogens is 2. The first-order valence-electron chi connectivity index (χ1n) is 14.5. The summed E-state index contributed by atoms with van der Waals surface area (Å²) in [7, 11) is 0. The lowest BCUT2D eigenvalue weighted by atomic mass is 9.97. The van der Waals surface area contributed by atoms with E-state index in [4.69, 9.17) is 14.6 Å². The first-order chi connectivity index (χ1) is 21.5. The van der Waals surface area contributed by atoms with Gasteiger partial charge in [-0.1, -0.05) is 48.5 Å². The Morgan fingerprint density at radius 1 is 1.05 bits per heavy atom. The number of esters is 1. The van der Waals surface area contributed by atoms with Crippen molar-refractivity contribution in [2.75, 3.05) is 19.7 Å². The highest BCUT2D eigenvalue weighted by Crippen LogP contribution is 2.35. The zero-order valence-electron chi connectivity index (χ0n) is 24.2. The van der Waals surface area contributed by atoms with E-state index in [-0.39, 0.29) is 30.2 Å². The average molecular weight is 611 g/mol. The number of carbonyl (C=O) groups is 2. The molecule has 44 heavy (non-hydrogen) atoms. The van der Waals surface area contributed by atoms with Gasteiger partial charge in [0, 0.05) is 36.0 Å². The number of nitrogens with zero attached hydrogens (tertiary/aromatic N) is 4. The predicted octanol–water partition coefficient (Wildman–Crippen LogP) is 6.50. The molecule has 0 spiro atoms. The lowest BCUT2D eigenvalue weighted by Crippen LogP contribution is -2.39. The lowest BCUT2D eigenvalue weighted by Gasteiger charge is -2.31. The molecule has 0 radical (unpaired) electrons. The van der Waals surface area contributed by atoms with Gasteiger partial charge in [-0.05, 0) is 67.9 Å². The zero-order valence-corrected chi connectivity index (χ0v) is 25.0. The molecule has 3 aromatic carbocycles. The summed E-state index contributed by atoms with van der Waals surface area (Å²) in [4.78, 5) is 32.1. The van der Waals surface area contributed by atoms with Gasteiger partial charge in [-0.2, -0.15) is 10.1 Å². The van der Waals surface area contributed by atoms with Crippen molar-refractivity contribution in [1.82, 2.24) is 14.7 Å². The van der Waals surface area contributed by atoms with Crippen LogP contribution in [0.1, 0.15) is 30.9 Å². The van der Waals surface area contributed by atoms with E-state index in [1.54, 1.807) is 22.9 Å². The number of amides is 1. The van der Waals surface area contributed by atoms with Crippen molar-refractivity contribution in [2.24, 2.45) is 10.9 Å². The van der Waals surface area contributed by atoms with Gasteiger partial charge in [0.05, 0.1) is 23.1 Å². The number of hydrogen-bond acceptors (Lipinski definition) is 7. The highest BCUT2D eigenvalue weighted by molar-refractivity contribution is 8.18. The van der Waals surface area contributed by atoms with Crippen molar-refractivity contribution in [3.63, 3.8) is 0 Å². The number of likely N-dealkylation sites (tertiary alicyclic amines) is 1. The molecule has 10 heteroatoms. The Labute approximate surface area is 259 Å². The number of hydrogen-bond donors (Lipinski definition) is 0. The third-order valence-corrected chi connectivity index (χ3v) is 8.55. The van der Waals surface area contributed by atoms with Crippen LogP contribution in [0.4, 0.5) is 4.39 Å². The predicted molar refractivity (Wildman–Crippen MR) is 169 cm³/mol. The van der Waals surface area contributed by atoms with Crippen LogP contribution in [0.25, 0.3) is 23.0 Å². The van der Waals surface area contributed by atoms with Crippen LogP contribution < -0.4 is 4.74 Å². The molecule has 1 fully saturated rings. The molecule has 2 aliphatic heterocycles. The third kappa shape index (κ3) is 6.60. The van der Waals surface area contributed by atoms with Crippen LogP contribution in [0.3, 0.4) is 0 Å². The Kier molecular flexibility index (Phi) is 8.88. The maximum atomic E-state index is 14.1. The van der Waals surface area contributed by atoms with Gasteiger partial charge in [-0.3, -0.25) is 9.59 Å². The van der Waals surface area contributed by atoms with E-state index >= 15 is 0 Å². The van der Waals surface area contributed by atoms with E-state index in [1.807, 2.05) is 73.8 Å². The topological polar surface area (TPSA) is 86.0 Å². The van der Waals surface area contributed by atoms with Crippen LogP contribution in [-0.4, -0.2) is 51.4 Å². The number of para-hydroxylation sites is 1. The van der Waals surface area contributed by atoms with Gasteiger partial charge in [0.15, 0.2) is 5.17 Å². The molecule has 224 valence electrons. The van der Waals surface area contributed by atoms with Gasteiger partial charge in [0.25, 0.3) is 5.91 Å². The Hall–Kier alpha value is -4.70. The highest BCUT2D eigenvalue weighted by Gasteiger charge is 2.32. The molecule has 0 saturated carbocycles. The maximum Gasteiger partial charge on any atom is 0.309 e. The zero-order chi connectivity index (χ0) is 30.5. The van der Waals surface area contributed by atoms with Crippen LogP contribution in [0.5, 0.6) is 5.75 Å². The summed E-state index contributed by atoms with van der Waals surface area (Å²) < 4.78 is 27.0. The van der Waals surface area contributed by atoms with Crippen LogP contribution in [0, 0.1) is 11.7 Å². The van der Waals surface area contributed by atoms with Crippen molar-refractivity contribution in [3.8, 4) is 22.7 Å². The lowest BCUT2D eigenvalue weighted by molar-refractivity contribution is -0.149. The van der Waals surface area contributed by atoms with Gasteiger partial charge >= 0.3 is 5.97 Å². The Balaban J connectivity index is 1.24. The van der Waals surface area contributed by atoms with Crippen molar-refractivity contribution < 1.29 is 23.5 Å². The quantitative estimate of drug-likeness (QED) is 0.166. The minimum Gasteiger partial charge on any atom is -0.489 e. The number of aliphatic imine (C=N–C) groups is 1. The van der Waals surface area contributed by atoms with Crippen molar-refractivity contribution >= 4 is 34.9 Å².